The van der Waals surface area contributed by atoms with Gasteiger partial charge in [-0.05, 0) is 65.6 Å². The summed E-state index contributed by atoms with van der Waals surface area (Å²) in [6.45, 7) is 4.40. The summed E-state index contributed by atoms with van der Waals surface area (Å²) in [6, 6.07) is 11.4. The minimum absolute atomic E-state index is 0.162. The smallest absolute Gasteiger partial charge is 0.253 e. The predicted octanol–water partition coefficient (Wildman–Crippen LogP) is 3.25. The lowest BCUT2D eigenvalue weighted by Gasteiger charge is -2.36. The third-order valence-electron chi connectivity index (χ3n) is 6.76. The topological polar surface area (TPSA) is 98.2 Å². The van der Waals surface area contributed by atoms with E-state index in [-0.39, 0.29) is 18.2 Å². The molecule has 10 heteroatoms. The molecule has 0 radical (unpaired) electrons. The molecule has 2 aliphatic rings. The molecule has 2 aromatic carbocycles. The first kappa shape index (κ1) is 21.7. The molecule has 180 valence electrons. The first-order valence-electron chi connectivity index (χ1n) is 11.8. The summed E-state index contributed by atoms with van der Waals surface area (Å²) in [5.41, 5.74) is 1.92. The number of aromatic nitrogens is 5. The second kappa shape index (κ2) is 8.77. The van der Waals surface area contributed by atoms with Crippen LogP contribution in [-0.4, -0.2) is 50.0 Å². The lowest BCUT2D eigenvalue weighted by Crippen LogP contribution is -2.41. The molecule has 6 rings (SSSR count). The molecule has 0 spiro atoms. The van der Waals surface area contributed by atoms with Gasteiger partial charge >= 0.3 is 0 Å². The molecule has 0 saturated carbocycles. The third kappa shape index (κ3) is 4.14. The van der Waals surface area contributed by atoms with E-state index in [1.807, 2.05) is 12.1 Å². The molecule has 0 bridgehead atoms. The van der Waals surface area contributed by atoms with Gasteiger partial charge in [-0.1, -0.05) is 19.1 Å². The lowest BCUT2D eigenvalue weighted by atomic mass is 9.95. The number of hydrogen-bond acceptors (Lipinski definition) is 7. The van der Waals surface area contributed by atoms with Crippen LogP contribution in [0.1, 0.15) is 42.8 Å². The summed E-state index contributed by atoms with van der Waals surface area (Å²) < 4.78 is 26.1. The maximum atomic E-state index is 13.4. The van der Waals surface area contributed by atoms with Gasteiger partial charge in [0.05, 0.1) is 12.1 Å². The van der Waals surface area contributed by atoms with Crippen LogP contribution in [-0.2, 0) is 6.54 Å². The number of hydrogen-bond donors (Lipinski definition) is 1. The molecule has 1 N–H and O–H groups in total. The van der Waals surface area contributed by atoms with Crippen molar-refractivity contribution in [2.45, 2.75) is 32.4 Å². The SMILES string of the molecule is C[C@@H]1CCCN([C@H](c2cc3cc4c(cc3[nH]c2=O)OCO4)c2nnnn2Cc2ccc(F)cc2)C1. The van der Waals surface area contributed by atoms with E-state index in [9.17, 15) is 9.18 Å². The number of piperidine rings is 1. The maximum Gasteiger partial charge on any atom is 0.253 e. The number of nitrogens with zero attached hydrogens (tertiary/aromatic N) is 5. The van der Waals surface area contributed by atoms with Crippen LogP contribution in [0.2, 0.25) is 0 Å². The molecule has 4 aromatic rings. The average molecular weight is 477 g/mol. The molecule has 4 heterocycles. The Morgan fingerprint density at radius 1 is 1.17 bits per heavy atom. The van der Waals surface area contributed by atoms with Crippen LogP contribution in [0.5, 0.6) is 11.5 Å². The first-order chi connectivity index (χ1) is 17.0. The number of fused-ring (bicyclic) bond motifs is 2. The number of tetrazole rings is 1. The van der Waals surface area contributed by atoms with E-state index < -0.39 is 6.04 Å². The maximum absolute atomic E-state index is 13.4. The molecule has 9 nitrogen and oxygen atoms in total. The highest BCUT2D eigenvalue weighted by Crippen LogP contribution is 2.37. The number of pyridine rings is 1. The van der Waals surface area contributed by atoms with Crippen molar-refractivity contribution >= 4 is 10.9 Å². The number of H-pyrrole nitrogens is 1. The summed E-state index contributed by atoms with van der Waals surface area (Å²) in [5, 5.41) is 13.4. The Morgan fingerprint density at radius 2 is 1.97 bits per heavy atom. The highest BCUT2D eigenvalue weighted by Gasteiger charge is 2.33. The van der Waals surface area contributed by atoms with E-state index in [4.69, 9.17) is 9.47 Å². The Labute approximate surface area is 200 Å². The van der Waals surface area contributed by atoms with Gasteiger partial charge in [-0.2, -0.15) is 0 Å². The number of rotatable bonds is 5. The van der Waals surface area contributed by atoms with Gasteiger partial charge in [0.1, 0.15) is 11.9 Å². The Balaban J connectivity index is 1.46. The highest BCUT2D eigenvalue weighted by atomic mass is 19.1. The molecule has 1 saturated heterocycles. The normalized spacial score (nSPS) is 18.7. The van der Waals surface area contributed by atoms with Crippen molar-refractivity contribution in [2.24, 2.45) is 5.92 Å². The van der Waals surface area contributed by atoms with Gasteiger partial charge in [-0.3, -0.25) is 9.69 Å². The monoisotopic (exact) mass is 476 g/mol. The molecular weight excluding hydrogens is 451 g/mol. The van der Waals surface area contributed by atoms with Gasteiger partial charge < -0.3 is 14.5 Å². The number of benzene rings is 2. The van der Waals surface area contributed by atoms with Crippen molar-refractivity contribution in [3.63, 3.8) is 0 Å². The second-order valence-electron chi connectivity index (χ2n) is 9.31. The summed E-state index contributed by atoms with van der Waals surface area (Å²) in [4.78, 5) is 18.7. The standard InChI is InChI=1S/C25H25FN6O3/c1-15-3-2-8-31(12-15)23(24-28-29-30-32(24)13-16-4-6-18(26)7-5-16)19-9-17-10-21-22(35-14-34-21)11-20(17)27-25(19)33/h4-7,9-11,15,23H,2-3,8,12-14H2,1H3,(H,27,33)/t15-,23-/m1/s1. The fraction of sp³-hybridized carbons (Fsp3) is 0.360. The van der Waals surface area contributed by atoms with Crippen LogP contribution in [0, 0.1) is 11.7 Å². The van der Waals surface area contributed by atoms with E-state index in [0.29, 0.717) is 40.9 Å². The van der Waals surface area contributed by atoms with Crippen molar-refractivity contribution in [1.82, 2.24) is 30.1 Å². The first-order valence-corrected chi connectivity index (χ1v) is 11.8. The van der Waals surface area contributed by atoms with E-state index in [1.165, 1.54) is 12.1 Å². The van der Waals surface area contributed by atoms with Gasteiger partial charge in [0.2, 0.25) is 6.79 Å². The van der Waals surface area contributed by atoms with Crippen LogP contribution < -0.4 is 15.0 Å². The van der Waals surface area contributed by atoms with E-state index in [2.05, 4.69) is 32.3 Å². The molecule has 0 unspecified atom stereocenters. The van der Waals surface area contributed by atoms with Crippen molar-refractivity contribution in [3.8, 4) is 11.5 Å². The Morgan fingerprint density at radius 3 is 2.77 bits per heavy atom. The third-order valence-corrected chi connectivity index (χ3v) is 6.76. The fourth-order valence-electron chi connectivity index (χ4n) is 5.06. The highest BCUT2D eigenvalue weighted by molar-refractivity contribution is 5.83. The fourth-order valence-corrected chi connectivity index (χ4v) is 5.06. The number of likely N-dealkylation sites (tertiary alicyclic amines) is 1. The molecule has 2 aromatic heterocycles. The molecule has 0 aliphatic carbocycles. The van der Waals surface area contributed by atoms with Gasteiger partial charge in [0.15, 0.2) is 17.3 Å². The molecule has 35 heavy (non-hydrogen) atoms. The summed E-state index contributed by atoms with van der Waals surface area (Å²) in [6.07, 6.45) is 2.17. The zero-order valence-corrected chi connectivity index (χ0v) is 19.3. The minimum Gasteiger partial charge on any atom is -0.454 e. The van der Waals surface area contributed by atoms with E-state index in [1.54, 1.807) is 22.9 Å². The predicted molar refractivity (Wildman–Crippen MR) is 126 cm³/mol. The van der Waals surface area contributed by atoms with Crippen molar-refractivity contribution in [2.75, 3.05) is 19.9 Å². The van der Waals surface area contributed by atoms with Gasteiger partial charge in [0, 0.05) is 23.6 Å². The minimum atomic E-state index is -0.438. The Hall–Kier alpha value is -3.79. The molecule has 2 atom stereocenters. The summed E-state index contributed by atoms with van der Waals surface area (Å²) >= 11 is 0. The Kier molecular flexibility index (Phi) is 5.44. The zero-order valence-electron chi connectivity index (χ0n) is 19.3. The van der Waals surface area contributed by atoms with Crippen LogP contribution >= 0.6 is 0 Å². The number of aromatic amines is 1. The quantitative estimate of drug-likeness (QED) is 0.472. The van der Waals surface area contributed by atoms with Crippen LogP contribution in [0.25, 0.3) is 10.9 Å². The van der Waals surface area contributed by atoms with Gasteiger partial charge in [-0.15, -0.1) is 5.10 Å². The van der Waals surface area contributed by atoms with Crippen LogP contribution in [0.15, 0.2) is 47.3 Å². The number of nitrogens with one attached hydrogen (secondary N) is 1. The Bertz CT molecular complexity index is 1430. The van der Waals surface area contributed by atoms with E-state index in [0.717, 1.165) is 36.9 Å². The largest absolute Gasteiger partial charge is 0.454 e. The van der Waals surface area contributed by atoms with Crippen molar-refractivity contribution < 1.29 is 13.9 Å². The van der Waals surface area contributed by atoms with E-state index >= 15 is 0 Å². The molecule has 1 fully saturated rings. The van der Waals surface area contributed by atoms with Crippen molar-refractivity contribution in [3.05, 3.63) is 75.6 Å². The zero-order chi connectivity index (χ0) is 23.9. The van der Waals surface area contributed by atoms with Gasteiger partial charge in [-0.25, -0.2) is 9.07 Å². The number of halogens is 1. The lowest BCUT2D eigenvalue weighted by molar-refractivity contribution is 0.141. The molecule has 2 aliphatic heterocycles. The van der Waals surface area contributed by atoms with Gasteiger partial charge in [0.25, 0.3) is 5.56 Å². The van der Waals surface area contributed by atoms with Crippen LogP contribution in [0.4, 0.5) is 4.39 Å². The summed E-state index contributed by atoms with van der Waals surface area (Å²) in [5.74, 6) is 2.04. The molecule has 0 amide bonds. The van der Waals surface area contributed by atoms with Crippen molar-refractivity contribution in [1.29, 1.82) is 0 Å². The molecular formula is C25H25FN6O3. The average Bonchev–Trinajstić information content (AvgIpc) is 3.49. The van der Waals surface area contributed by atoms with Crippen LogP contribution in [0.3, 0.4) is 0 Å². The second-order valence-corrected chi connectivity index (χ2v) is 9.31. The number of ether oxygens (including phenoxy) is 2. The summed E-state index contributed by atoms with van der Waals surface area (Å²) in [7, 11) is 0.